The van der Waals surface area contributed by atoms with E-state index in [0.717, 1.165) is 6.61 Å². The van der Waals surface area contributed by atoms with Crippen molar-refractivity contribution in [3.05, 3.63) is 36.0 Å². The molecule has 1 aliphatic carbocycles. The molecule has 1 saturated carbocycles. The minimum absolute atomic E-state index is 0.113. The maximum atomic E-state index is 6.43. The monoisotopic (exact) mass is 283 g/mol. The summed E-state index contributed by atoms with van der Waals surface area (Å²) in [5.41, 5.74) is 3.02. The maximum Gasteiger partial charge on any atom is 0.0930 e. The zero-order valence-electron chi connectivity index (χ0n) is 13.2. The van der Waals surface area contributed by atoms with Gasteiger partial charge in [-0.25, -0.2) is 0 Å². The normalized spacial score (nSPS) is 28.5. The highest BCUT2D eigenvalue weighted by Gasteiger charge is 2.48. The van der Waals surface area contributed by atoms with Crippen molar-refractivity contribution >= 4 is 10.9 Å². The first-order valence-corrected chi connectivity index (χ1v) is 8.31. The van der Waals surface area contributed by atoms with Crippen molar-refractivity contribution < 1.29 is 4.74 Å². The fourth-order valence-electron chi connectivity index (χ4n) is 4.69. The van der Waals surface area contributed by atoms with Crippen LogP contribution >= 0.6 is 0 Å². The van der Waals surface area contributed by atoms with Crippen LogP contribution in [0.15, 0.2) is 30.5 Å². The second-order valence-corrected chi connectivity index (χ2v) is 7.43. The molecule has 1 saturated heterocycles. The van der Waals surface area contributed by atoms with Gasteiger partial charge in [-0.2, -0.15) is 0 Å². The number of rotatable bonds is 1. The molecule has 0 radical (unpaired) electrons. The lowest BCUT2D eigenvalue weighted by atomic mass is 9.70. The molecule has 2 heterocycles. The Morgan fingerprint density at radius 3 is 2.67 bits per heavy atom. The summed E-state index contributed by atoms with van der Waals surface area (Å²) in [7, 11) is 2.14. The van der Waals surface area contributed by atoms with E-state index in [1.807, 2.05) is 0 Å². The van der Waals surface area contributed by atoms with E-state index in [0.29, 0.717) is 5.41 Å². The number of aromatic nitrogens is 1. The number of aryl methyl sites for hydroxylation is 1. The Hall–Kier alpha value is -1.28. The number of hydrogen-bond acceptors (Lipinski definition) is 1. The first-order chi connectivity index (χ1) is 10.1. The van der Waals surface area contributed by atoms with Gasteiger partial charge >= 0.3 is 0 Å². The zero-order valence-corrected chi connectivity index (χ0v) is 13.2. The van der Waals surface area contributed by atoms with Crippen LogP contribution in [0.4, 0.5) is 0 Å². The Kier molecular flexibility index (Phi) is 2.94. The lowest BCUT2D eigenvalue weighted by molar-refractivity contribution is 0.0121. The third-order valence-electron chi connectivity index (χ3n) is 5.79. The van der Waals surface area contributed by atoms with Gasteiger partial charge in [0.15, 0.2) is 0 Å². The van der Waals surface area contributed by atoms with E-state index in [4.69, 9.17) is 4.74 Å². The second kappa shape index (κ2) is 4.61. The molecule has 0 amide bonds. The van der Waals surface area contributed by atoms with Crippen molar-refractivity contribution in [2.75, 3.05) is 6.61 Å². The number of ether oxygens (including phenoxy) is 1. The molecule has 1 aliphatic heterocycles. The Bertz CT molecular complexity index is 665. The van der Waals surface area contributed by atoms with Gasteiger partial charge in [-0.3, -0.25) is 0 Å². The number of para-hydroxylation sites is 1. The minimum atomic E-state index is -0.113. The number of fused-ring (bicyclic) bond motifs is 1. The molecule has 2 aromatic rings. The SMILES string of the molecule is Cn1cc(C2(C)CC3(CCCCC3)CO2)c2ccccc21. The Balaban J connectivity index is 1.75. The van der Waals surface area contributed by atoms with Crippen LogP contribution in [0.2, 0.25) is 0 Å². The number of benzene rings is 1. The quantitative estimate of drug-likeness (QED) is 0.735. The summed E-state index contributed by atoms with van der Waals surface area (Å²) in [5.74, 6) is 0. The fourth-order valence-corrected chi connectivity index (χ4v) is 4.69. The van der Waals surface area contributed by atoms with Crippen LogP contribution in [0.25, 0.3) is 10.9 Å². The van der Waals surface area contributed by atoms with E-state index in [2.05, 4.69) is 49.0 Å². The largest absolute Gasteiger partial charge is 0.370 e. The second-order valence-electron chi connectivity index (χ2n) is 7.43. The summed E-state index contributed by atoms with van der Waals surface area (Å²) in [5, 5.41) is 1.36. The van der Waals surface area contributed by atoms with Gasteiger partial charge in [-0.05, 0) is 37.7 Å². The molecule has 0 bridgehead atoms. The Morgan fingerprint density at radius 1 is 1.10 bits per heavy atom. The van der Waals surface area contributed by atoms with Gasteiger partial charge in [0, 0.05) is 29.7 Å². The van der Waals surface area contributed by atoms with Crippen LogP contribution in [0.1, 0.15) is 51.0 Å². The zero-order chi connectivity index (χ0) is 14.5. The summed E-state index contributed by atoms with van der Waals surface area (Å²) in [6.07, 6.45) is 10.4. The van der Waals surface area contributed by atoms with Crippen molar-refractivity contribution in [1.82, 2.24) is 4.57 Å². The standard InChI is InChI=1S/C19H25NO/c1-18(13-19(14-21-18)10-6-3-7-11-19)16-12-20(2)17-9-5-4-8-15(16)17/h4-5,8-9,12H,3,6-7,10-11,13-14H2,1-2H3. The molecule has 1 unspecified atom stereocenters. The molecule has 2 heteroatoms. The topological polar surface area (TPSA) is 14.2 Å². The van der Waals surface area contributed by atoms with Gasteiger partial charge in [0.2, 0.25) is 0 Å². The summed E-state index contributed by atoms with van der Waals surface area (Å²) in [6.45, 7) is 3.25. The molecule has 1 atom stereocenters. The van der Waals surface area contributed by atoms with Gasteiger partial charge in [-0.1, -0.05) is 37.5 Å². The average molecular weight is 283 g/mol. The lowest BCUT2D eigenvalue weighted by Gasteiger charge is -2.33. The van der Waals surface area contributed by atoms with Gasteiger partial charge in [0.25, 0.3) is 0 Å². The molecule has 1 spiro atoms. The van der Waals surface area contributed by atoms with E-state index >= 15 is 0 Å². The van der Waals surface area contributed by atoms with Crippen LogP contribution in [0, 0.1) is 5.41 Å². The van der Waals surface area contributed by atoms with Crippen LogP contribution in [0.3, 0.4) is 0 Å². The summed E-state index contributed by atoms with van der Waals surface area (Å²) in [6, 6.07) is 8.70. The van der Waals surface area contributed by atoms with Crippen molar-refractivity contribution in [3.63, 3.8) is 0 Å². The Morgan fingerprint density at radius 2 is 1.86 bits per heavy atom. The van der Waals surface area contributed by atoms with Crippen molar-refractivity contribution in [2.45, 2.75) is 51.0 Å². The lowest BCUT2D eigenvalue weighted by Crippen LogP contribution is -2.26. The maximum absolute atomic E-state index is 6.43. The smallest absolute Gasteiger partial charge is 0.0930 e. The third-order valence-corrected chi connectivity index (χ3v) is 5.79. The summed E-state index contributed by atoms with van der Waals surface area (Å²) in [4.78, 5) is 0. The first kappa shape index (κ1) is 13.4. The summed E-state index contributed by atoms with van der Waals surface area (Å²) < 4.78 is 8.67. The van der Waals surface area contributed by atoms with Crippen LogP contribution < -0.4 is 0 Å². The van der Waals surface area contributed by atoms with E-state index in [9.17, 15) is 0 Å². The number of hydrogen-bond donors (Lipinski definition) is 0. The van der Waals surface area contributed by atoms with E-state index < -0.39 is 0 Å². The molecule has 4 rings (SSSR count). The van der Waals surface area contributed by atoms with Crippen LogP contribution in [-0.2, 0) is 17.4 Å². The number of nitrogens with zero attached hydrogens (tertiary/aromatic N) is 1. The molecule has 0 N–H and O–H groups in total. The predicted molar refractivity (Wildman–Crippen MR) is 86.4 cm³/mol. The average Bonchev–Trinajstić information content (AvgIpc) is 3.01. The molecule has 1 aromatic heterocycles. The molecular weight excluding hydrogens is 258 g/mol. The van der Waals surface area contributed by atoms with Gasteiger partial charge in [0.05, 0.1) is 12.2 Å². The van der Waals surface area contributed by atoms with Crippen LogP contribution in [0.5, 0.6) is 0 Å². The van der Waals surface area contributed by atoms with E-state index in [-0.39, 0.29) is 5.60 Å². The minimum Gasteiger partial charge on any atom is -0.370 e. The molecule has 2 nitrogen and oxygen atoms in total. The highest BCUT2D eigenvalue weighted by atomic mass is 16.5. The van der Waals surface area contributed by atoms with Crippen LogP contribution in [-0.4, -0.2) is 11.2 Å². The summed E-state index contributed by atoms with van der Waals surface area (Å²) >= 11 is 0. The molecule has 112 valence electrons. The molecule has 2 fully saturated rings. The van der Waals surface area contributed by atoms with E-state index in [1.54, 1.807) is 0 Å². The van der Waals surface area contributed by atoms with Crippen molar-refractivity contribution in [3.8, 4) is 0 Å². The molecular formula is C19H25NO. The highest BCUT2D eigenvalue weighted by Crippen LogP contribution is 2.53. The van der Waals surface area contributed by atoms with Crippen molar-refractivity contribution in [2.24, 2.45) is 12.5 Å². The fraction of sp³-hybridized carbons (Fsp3) is 0.579. The van der Waals surface area contributed by atoms with Gasteiger partial charge in [-0.15, -0.1) is 0 Å². The van der Waals surface area contributed by atoms with E-state index in [1.165, 1.54) is 55.0 Å². The van der Waals surface area contributed by atoms with Gasteiger partial charge < -0.3 is 9.30 Å². The highest BCUT2D eigenvalue weighted by molar-refractivity contribution is 5.84. The van der Waals surface area contributed by atoms with Crippen molar-refractivity contribution in [1.29, 1.82) is 0 Å². The first-order valence-electron chi connectivity index (χ1n) is 8.31. The molecule has 21 heavy (non-hydrogen) atoms. The molecule has 2 aliphatic rings. The van der Waals surface area contributed by atoms with Gasteiger partial charge in [0.1, 0.15) is 0 Å². The molecule has 1 aromatic carbocycles. The predicted octanol–water partition coefficient (Wildman–Crippen LogP) is 4.76. The third kappa shape index (κ3) is 2.03. The Labute approximate surface area is 127 Å².